The number of guanidine groups is 1. The van der Waals surface area contributed by atoms with Crippen LogP contribution in [-0.2, 0) is 20.9 Å². The van der Waals surface area contributed by atoms with Gasteiger partial charge < -0.3 is 19.9 Å². The number of benzene rings is 1. The molecule has 0 unspecified atom stereocenters. The van der Waals surface area contributed by atoms with Gasteiger partial charge in [0.1, 0.15) is 0 Å². The summed E-state index contributed by atoms with van der Waals surface area (Å²) >= 11 is 0. The minimum absolute atomic E-state index is 0. The Morgan fingerprint density at radius 1 is 1.21 bits per heavy atom. The first-order valence-corrected chi connectivity index (χ1v) is 10.1. The van der Waals surface area contributed by atoms with Gasteiger partial charge in [0.05, 0.1) is 12.5 Å². The first-order chi connectivity index (χ1) is 13.6. The summed E-state index contributed by atoms with van der Waals surface area (Å²) in [5.41, 5.74) is 2.11. The fourth-order valence-corrected chi connectivity index (χ4v) is 3.82. The quantitative estimate of drug-likeness (QED) is 0.283. The second-order valence-electron chi connectivity index (χ2n) is 7.23. The largest absolute Gasteiger partial charge is 0.466 e. The number of hydrogen-bond donors (Lipinski definition) is 1. The van der Waals surface area contributed by atoms with Gasteiger partial charge >= 0.3 is 5.97 Å². The van der Waals surface area contributed by atoms with Crippen molar-refractivity contribution >= 4 is 47.5 Å². The molecule has 2 heterocycles. The number of hydrogen-bond acceptors (Lipinski definition) is 4. The van der Waals surface area contributed by atoms with Gasteiger partial charge in [0, 0.05) is 45.3 Å². The average molecular weight is 514 g/mol. The summed E-state index contributed by atoms with van der Waals surface area (Å²) in [6, 6.07) is 8.12. The zero-order valence-electron chi connectivity index (χ0n) is 17.2. The number of likely N-dealkylation sites (tertiary alicyclic amines) is 1. The number of nitrogens with one attached hydrogen (secondary N) is 1. The molecule has 160 valence electrons. The highest BCUT2D eigenvalue weighted by atomic mass is 127. The van der Waals surface area contributed by atoms with Crippen LogP contribution in [0, 0.1) is 5.92 Å². The number of piperidine rings is 1. The van der Waals surface area contributed by atoms with Crippen molar-refractivity contribution in [2.24, 2.45) is 10.9 Å². The van der Waals surface area contributed by atoms with Crippen LogP contribution in [0.1, 0.15) is 38.2 Å². The van der Waals surface area contributed by atoms with Gasteiger partial charge in [-0.2, -0.15) is 0 Å². The van der Waals surface area contributed by atoms with E-state index in [4.69, 9.17) is 4.74 Å². The van der Waals surface area contributed by atoms with Crippen LogP contribution >= 0.6 is 24.0 Å². The van der Waals surface area contributed by atoms with E-state index in [0.29, 0.717) is 19.6 Å². The highest BCUT2D eigenvalue weighted by Gasteiger charge is 2.27. The van der Waals surface area contributed by atoms with Crippen LogP contribution in [0.25, 0.3) is 0 Å². The molecule has 3 rings (SSSR count). The summed E-state index contributed by atoms with van der Waals surface area (Å²) in [4.78, 5) is 32.2. The third kappa shape index (κ3) is 6.07. The van der Waals surface area contributed by atoms with E-state index in [0.717, 1.165) is 56.1 Å². The van der Waals surface area contributed by atoms with Crippen molar-refractivity contribution in [3.63, 3.8) is 0 Å². The second kappa shape index (κ2) is 11.4. The van der Waals surface area contributed by atoms with Crippen molar-refractivity contribution in [2.75, 3.05) is 38.2 Å². The van der Waals surface area contributed by atoms with E-state index < -0.39 is 0 Å². The predicted molar refractivity (Wildman–Crippen MR) is 125 cm³/mol. The van der Waals surface area contributed by atoms with Crippen molar-refractivity contribution < 1.29 is 14.3 Å². The number of anilines is 1. The smallest absolute Gasteiger partial charge is 0.309 e. The maximum absolute atomic E-state index is 11.9. The number of carbonyl (C=O) groups is 2. The Kier molecular flexibility index (Phi) is 9.19. The molecule has 0 atom stereocenters. The number of rotatable bonds is 5. The van der Waals surface area contributed by atoms with Crippen LogP contribution in [0.5, 0.6) is 0 Å². The lowest BCUT2D eigenvalue weighted by Crippen LogP contribution is -2.46. The first-order valence-electron chi connectivity index (χ1n) is 10.1. The zero-order chi connectivity index (χ0) is 19.9. The van der Waals surface area contributed by atoms with E-state index in [9.17, 15) is 9.59 Å². The maximum Gasteiger partial charge on any atom is 0.309 e. The molecule has 0 spiro atoms. The van der Waals surface area contributed by atoms with E-state index in [1.807, 2.05) is 36.1 Å². The number of halogens is 1. The van der Waals surface area contributed by atoms with Crippen molar-refractivity contribution in [1.82, 2.24) is 10.2 Å². The molecule has 0 saturated carbocycles. The van der Waals surface area contributed by atoms with Crippen molar-refractivity contribution in [3.05, 3.63) is 29.8 Å². The molecule has 1 N–H and O–H groups in total. The van der Waals surface area contributed by atoms with Crippen LogP contribution in [0.3, 0.4) is 0 Å². The molecular weight excluding hydrogens is 483 g/mol. The van der Waals surface area contributed by atoms with Gasteiger partial charge in [0.25, 0.3) is 0 Å². The van der Waals surface area contributed by atoms with E-state index in [1.54, 1.807) is 7.05 Å². The molecule has 0 bridgehead atoms. The monoisotopic (exact) mass is 514 g/mol. The summed E-state index contributed by atoms with van der Waals surface area (Å²) in [5, 5.41) is 3.40. The molecule has 0 aliphatic carbocycles. The Labute approximate surface area is 189 Å². The number of esters is 1. The van der Waals surface area contributed by atoms with Gasteiger partial charge in [-0.1, -0.05) is 12.1 Å². The SMILES string of the molecule is CCOC(=O)C1CCN(C(=NC)NCc2ccc(N3CCCC3=O)cc2)CC1.I. The second-order valence-corrected chi connectivity index (χ2v) is 7.23. The molecule has 2 aliphatic rings. The molecule has 0 radical (unpaired) electrons. The summed E-state index contributed by atoms with van der Waals surface area (Å²) in [6.07, 6.45) is 3.16. The molecule has 29 heavy (non-hydrogen) atoms. The number of aliphatic imine (C=N–C) groups is 1. The van der Waals surface area contributed by atoms with E-state index in [-0.39, 0.29) is 41.8 Å². The summed E-state index contributed by atoms with van der Waals surface area (Å²) in [6.45, 7) is 5.34. The fraction of sp³-hybridized carbons (Fsp3) is 0.571. The highest BCUT2D eigenvalue weighted by Crippen LogP contribution is 2.22. The Morgan fingerprint density at radius 2 is 1.90 bits per heavy atom. The van der Waals surface area contributed by atoms with Gasteiger partial charge in [-0.3, -0.25) is 14.6 Å². The number of carbonyl (C=O) groups excluding carboxylic acids is 2. The third-order valence-corrected chi connectivity index (χ3v) is 5.40. The lowest BCUT2D eigenvalue weighted by atomic mass is 9.97. The van der Waals surface area contributed by atoms with Gasteiger partial charge in [-0.15, -0.1) is 24.0 Å². The van der Waals surface area contributed by atoms with Crippen molar-refractivity contribution in [1.29, 1.82) is 0 Å². The Bertz CT molecular complexity index is 715. The van der Waals surface area contributed by atoms with E-state index in [1.165, 1.54) is 0 Å². The van der Waals surface area contributed by atoms with Crippen molar-refractivity contribution in [3.8, 4) is 0 Å². The lowest BCUT2D eigenvalue weighted by molar-refractivity contribution is -0.149. The Morgan fingerprint density at radius 3 is 2.45 bits per heavy atom. The molecule has 1 aromatic rings. The standard InChI is InChI=1S/C21H30N4O3.HI/c1-3-28-20(27)17-10-13-24(14-11-17)21(22-2)23-15-16-6-8-18(9-7-16)25-12-4-5-19(25)26;/h6-9,17H,3-5,10-15H2,1-2H3,(H,22,23);1H. The molecule has 8 heteroatoms. The Balaban J connectivity index is 0.00000300. The Hall–Kier alpha value is -1.84. The number of ether oxygens (including phenoxy) is 1. The molecule has 2 aliphatic heterocycles. The third-order valence-electron chi connectivity index (χ3n) is 5.40. The average Bonchev–Trinajstić information content (AvgIpc) is 3.15. The molecular formula is C21H31IN4O3. The molecule has 7 nitrogen and oxygen atoms in total. The fourth-order valence-electron chi connectivity index (χ4n) is 3.82. The van der Waals surface area contributed by atoms with Crippen LogP contribution in [-0.4, -0.2) is 56.0 Å². The molecule has 1 aromatic carbocycles. The summed E-state index contributed by atoms with van der Waals surface area (Å²) < 4.78 is 5.13. The first kappa shape index (κ1) is 23.4. The summed E-state index contributed by atoms with van der Waals surface area (Å²) in [7, 11) is 1.78. The maximum atomic E-state index is 11.9. The van der Waals surface area contributed by atoms with Crippen LogP contribution in [0.2, 0.25) is 0 Å². The molecule has 2 saturated heterocycles. The van der Waals surface area contributed by atoms with Gasteiger partial charge in [0.15, 0.2) is 5.96 Å². The van der Waals surface area contributed by atoms with E-state index >= 15 is 0 Å². The van der Waals surface area contributed by atoms with Crippen LogP contribution < -0.4 is 10.2 Å². The number of nitrogens with zero attached hydrogens (tertiary/aromatic N) is 3. The minimum Gasteiger partial charge on any atom is -0.466 e. The topological polar surface area (TPSA) is 74.2 Å². The lowest BCUT2D eigenvalue weighted by Gasteiger charge is -2.33. The van der Waals surface area contributed by atoms with Gasteiger partial charge in [0.2, 0.25) is 5.91 Å². The minimum atomic E-state index is -0.0818. The normalized spacial score (nSPS) is 17.9. The van der Waals surface area contributed by atoms with Crippen LogP contribution in [0.4, 0.5) is 5.69 Å². The van der Waals surface area contributed by atoms with Gasteiger partial charge in [-0.05, 0) is 43.9 Å². The summed E-state index contributed by atoms with van der Waals surface area (Å²) in [5.74, 6) is 0.968. The van der Waals surface area contributed by atoms with Crippen molar-refractivity contribution in [2.45, 2.75) is 39.2 Å². The molecule has 1 amide bonds. The van der Waals surface area contributed by atoms with Crippen LogP contribution in [0.15, 0.2) is 29.3 Å². The van der Waals surface area contributed by atoms with Gasteiger partial charge in [-0.25, -0.2) is 0 Å². The highest BCUT2D eigenvalue weighted by molar-refractivity contribution is 14.0. The predicted octanol–water partition coefficient (Wildman–Crippen LogP) is 2.78. The molecule has 0 aromatic heterocycles. The zero-order valence-corrected chi connectivity index (χ0v) is 19.6. The number of amides is 1. The molecule has 2 fully saturated rings. The van der Waals surface area contributed by atoms with E-state index in [2.05, 4.69) is 15.2 Å².